The van der Waals surface area contributed by atoms with E-state index in [2.05, 4.69) is 0 Å². The molecule has 9 heteroatoms. The van der Waals surface area contributed by atoms with Gasteiger partial charge in [0.2, 0.25) is 0 Å². The second-order valence-electron chi connectivity index (χ2n) is 6.47. The van der Waals surface area contributed by atoms with Crippen molar-refractivity contribution in [2.45, 2.75) is 95.1 Å². The smallest absolute Gasteiger partial charge is 0.359 e. The molecule has 0 bridgehead atoms. The number of ether oxygens (including phenoxy) is 1. The van der Waals surface area contributed by atoms with E-state index >= 15 is 0 Å². The standard InChI is InChI=1S/C15H29BFO6P/c1-5-14(6-2,9-10-12(18)11(17)13(16)22-10)23-24(20,21)15(19,7-3)8-4/h10-13,18-19H,5-9H2,1-4H3,(H,20,21)/t10-,11-,12-,13-/m1/s1. The second-order valence-corrected chi connectivity index (χ2v) is 8.53. The first-order chi connectivity index (χ1) is 11.0. The molecule has 0 aromatic carbocycles. The Bertz CT molecular complexity index is 457. The maximum absolute atomic E-state index is 13.7. The Kier molecular flexibility index (Phi) is 7.49. The Morgan fingerprint density at radius 1 is 1.21 bits per heavy atom. The Morgan fingerprint density at radius 3 is 2.04 bits per heavy atom. The van der Waals surface area contributed by atoms with E-state index in [1.807, 2.05) is 0 Å². The van der Waals surface area contributed by atoms with Gasteiger partial charge in [-0.05, 0) is 25.7 Å². The number of aliphatic hydroxyl groups excluding tert-OH is 1. The molecule has 1 heterocycles. The van der Waals surface area contributed by atoms with Crippen molar-refractivity contribution in [2.24, 2.45) is 0 Å². The lowest BCUT2D eigenvalue weighted by Gasteiger charge is -2.40. The van der Waals surface area contributed by atoms with Gasteiger partial charge in [0.05, 0.1) is 17.7 Å². The molecule has 6 nitrogen and oxygen atoms in total. The third-order valence-electron chi connectivity index (χ3n) is 5.19. The molecule has 0 aromatic rings. The minimum absolute atomic E-state index is 0.00332. The molecule has 0 saturated carbocycles. The number of hydrogen-bond acceptors (Lipinski definition) is 5. The van der Waals surface area contributed by atoms with Crippen molar-refractivity contribution in [3.8, 4) is 0 Å². The lowest BCUT2D eigenvalue weighted by atomic mass is 9.88. The van der Waals surface area contributed by atoms with Crippen LogP contribution in [0.3, 0.4) is 0 Å². The molecule has 1 saturated heterocycles. The van der Waals surface area contributed by atoms with E-state index in [1.165, 1.54) is 0 Å². The van der Waals surface area contributed by atoms with Crippen LogP contribution < -0.4 is 0 Å². The van der Waals surface area contributed by atoms with Crippen LogP contribution in [0.4, 0.5) is 4.39 Å². The monoisotopic (exact) mass is 366 g/mol. The van der Waals surface area contributed by atoms with Crippen LogP contribution in [-0.4, -0.2) is 58.3 Å². The molecule has 1 aliphatic rings. The summed E-state index contributed by atoms with van der Waals surface area (Å²) < 4.78 is 37.2. The fourth-order valence-corrected chi connectivity index (χ4v) is 4.82. The third kappa shape index (κ3) is 4.22. The number of aliphatic hydroxyl groups is 2. The van der Waals surface area contributed by atoms with Gasteiger partial charge in [0.15, 0.2) is 5.34 Å². The molecule has 1 aliphatic heterocycles. The molecule has 0 amide bonds. The Labute approximate surface area is 144 Å². The Morgan fingerprint density at radius 2 is 1.71 bits per heavy atom. The number of rotatable bonds is 9. The second kappa shape index (κ2) is 8.15. The zero-order valence-electron chi connectivity index (χ0n) is 14.8. The summed E-state index contributed by atoms with van der Waals surface area (Å²) in [4.78, 5) is 10.4. The van der Waals surface area contributed by atoms with Gasteiger partial charge in [0, 0.05) is 6.42 Å². The molecule has 24 heavy (non-hydrogen) atoms. The third-order valence-corrected chi connectivity index (χ3v) is 7.51. The summed E-state index contributed by atoms with van der Waals surface area (Å²) in [7, 11) is 1.08. The molecular formula is C15H29BFO6P. The van der Waals surface area contributed by atoms with Crippen molar-refractivity contribution in [3.63, 3.8) is 0 Å². The molecule has 140 valence electrons. The van der Waals surface area contributed by atoms with Crippen LogP contribution >= 0.6 is 7.60 Å². The zero-order chi connectivity index (χ0) is 18.8. The Balaban J connectivity index is 3.02. The van der Waals surface area contributed by atoms with E-state index < -0.39 is 42.9 Å². The molecule has 1 rings (SSSR count). The highest BCUT2D eigenvalue weighted by Gasteiger charge is 2.51. The molecule has 3 N–H and O–H groups in total. The van der Waals surface area contributed by atoms with Crippen molar-refractivity contribution < 1.29 is 33.3 Å². The van der Waals surface area contributed by atoms with Crippen LogP contribution in [0.15, 0.2) is 0 Å². The maximum Gasteiger partial charge on any atom is 0.359 e. The minimum atomic E-state index is -4.38. The van der Waals surface area contributed by atoms with Gasteiger partial charge < -0.3 is 19.8 Å². The van der Waals surface area contributed by atoms with Crippen LogP contribution in [0, 0.1) is 0 Å². The predicted octanol–water partition coefficient (Wildman–Crippen LogP) is 2.24. The Hall–Kier alpha value is 0.0249. The summed E-state index contributed by atoms with van der Waals surface area (Å²) in [5, 5.41) is 18.5. The van der Waals surface area contributed by atoms with Crippen molar-refractivity contribution in [1.82, 2.24) is 0 Å². The van der Waals surface area contributed by atoms with Crippen LogP contribution in [-0.2, 0) is 13.8 Å². The fraction of sp³-hybridized carbons (Fsp3) is 1.00. The zero-order valence-corrected chi connectivity index (χ0v) is 15.7. The van der Waals surface area contributed by atoms with Crippen LogP contribution in [0.2, 0.25) is 0 Å². The average Bonchev–Trinajstić information content (AvgIpc) is 2.79. The first-order valence-corrected chi connectivity index (χ1v) is 10.1. The molecule has 0 aromatic heterocycles. The molecule has 2 radical (unpaired) electrons. The van der Waals surface area contributed by atoms with Gasteiger partial charge in [-0.15, -0.1) is 0 Å². The van der Waals surface area contributed by atoms with Crippen LogP contribution in [0.5, 0.6) is 0 Å². The van der Waals surface area contributed by atoms with Gasteiger partial charge in [-0.2, -0.15) is 0 Å². The largest absolute Gasteiger partial charge is 0.387 e. The summed E-state index contributed by atoms with van der Waals surface area (Å²) in [5.74, 6) is 0. The highest BCUT2D eigenvalue weighted by molar-refractivity contribution is 7.54. The summed E-state index contributed by atoms with van der Waals surface area (Å²) >= 11 is 0. The van der Waals surface area contributed by atoms with E-state index in [4.69, 9.17) is 17.1 Å². The quantitative estimate of drug-likeness (QED) is 0.428. The molecule has 0 aliphatic carbocycles. The van der Waals surface area contributed by atoms with Gasteiger partial charge in [-0.1, -0.05) is 27.7 Å². The molecule has 1 fully saturated rings. The van der Waals surface area contributed by atoms with E-state index in [0.717, 1.165) is 0 Å². The van der Waals surface area contributed by atoms with Crippen LogP contribution in [0.1, 0.15) is 59.8 Å². The average molecular weight is 366 g/mol. The lowest BCUT2D eigenvalue weighted by molar-refractivity contribution is -0.0547. The SMILES string of the molecule is [B][C@@H]1O[C@H](CC(CC)(CC)OP(=O)(O)C(O)(CC)CC)[C@@H](O)[C@H]1F. The van der Waals surface area contributed by atoms with Crippen molar-refractivity contribution in [3.05, 3.63) is 0 Å². The molecular weight excluding hydrogens is 337 g/mol. The van der Waals surface area contributed by atoms with E-state index in [1.54, 1.807) is 27.7 Å². The van der Waals surface area contributed by atoms with E-state index in [9.17, 15) is 24.1 Å². The summed E-state index contributed by atoms with van der Waals surface area (Å²) in [6.07, 6.45) is -3.30. The van der Waals surface area contributed by atoms with Crippen molar-refractivity contribution >= 4 is 15.4 Å². The number of alkyl halides is 1. The lowest BCUT2D eigenvalue weighted by Crippen LogP contribution is -2.41. The van der Waals surface area contributed by atoms with Gasteiger partial charge in [-0.3, -0.25) is 9.09 Å². The van der Waals surface area contributed by atoms with Gasteiger partial charge in [0.25, 0.3) is 0 Å². The van der Waals surface area contributed by atoms with Crippen molar-refractivity contribution in [1.29, 1.82) is 0 Å². The van der Waals surface area contributed by atoms with Gasteiger partial charge in [0.1, 0.15) is 20.1 Å². The normalized spacial score (nSPS) is 31.2. The summed E-state index contributed by atoms with van der Waals surface area (Å²) in [6, 6.07) is -1.24. The van der Waals surface area contributed by atoms with E-state index in [-0.39, 0.29) is 19.3 Å². The first kappa shape index (κ1) is 22.1. The maximum atomic E-state index is 13.7. The highest BCUT2D eigenvalue weighted by Crippen LogP contribution is 2.61. The fourth-order valence-electron chi connectivity index (χ4n) is 2.99. The predicted molar refractivity (Wildman–Crippen MR) is 89.7 cm³/mol. The van der Waals surface area contributed by atoms with Crippen LogP contribution in [0.25, 0.3) is 0 Å². The van der Waals surface area contributed by atoms with Gasteiger partial charge in [-0.25, -0.2) is 4.39 Å². The topological polar surface area (TPSA) is 96.2 Å². The highest BCUT2D eigenvalue weighted by atomic mass is 31.2. The minimum Gasteiger partial charge on any atom is -0.387 e. The van der Waals surface area contributed by atoms with Crippen molar-refractivity contribution in [2.75, 3.05) is 0 Å². The molecule has 1 unspecified atom stereocenters. The van der Waals surface area contributed by atoms with Gasteiger partial charge >= 0.3 is 7.60 Å². The first-order valence-electron chi connectivity index (χ1n) is 8.50. The molecule has 0 spiro atoms. The number of halogens is 1. The molecule has 5 atom stereocenters. The summed E-state index contributed by atoms with van der Waals surface area (Å²) in [6.45, 7) is 6.72. The van der Waals surface area contributed by atoms with E-state index in [0.29, 0.717) is 12.8 Å². The summed E-state index contributed by atoms with van der Waals surface area (Å²) in [5.41, 5.74) is -1.14. The number of hydrogen-bond donors (Lipinski definition) is 3.